The van der Waals surface area contributed by atoms with E-state index >= 15 is 0 Å². The van der Waals surface area contributed by atoms with Gasteiger partial charge in [0.25, 0.3) is 0 Å². The number of pyridine rings is 1. The molecule has 0 atom stereocenters. The minimum absolute atomic E-state index is 0.239. The van der Waals surface area contributed by atoms with E-state index in [1.54, 1.807) is 36.5 Å². The van der Waals surface area contributed by atoms with Crippen molar-refractivity contribution in [2.75, 3.05) is 7.11 Å². The third kappa shape index (κ3) is 4.48. The molecule has 1 aromatic heterocycles. The van der Waals surface area contributed by atoms with Crippen LogP contribution in [-0.4, -0.2) is 18.0 Å². The van der Waals surface area contributed by atoms with Gasteiger partial charge in [-0.25, -0.2) is 4.98 Å². The molecule has 0 saturated heterocycles. The Labute approximate surface area is 138 Å². The number of nitrogens with one attached hydrogen (secondary N) is 1. The number of methoxy groups -OCH3 is 1. The fourth-order valence-corrected chi connectivity index (χ4v) is 2.26. The monoisotopic (exact) mass is 336 g/mol. The number of carbonyl (C=O) groups excluding carboxylic acids is 1. The zero-order valence-electron chi connectivity index (χ0n) is 11.8. The lowest BCUT2D eigenvalue weighted by Crippen LogP contribution is -2.20. The number of rotatable bonds is 5. The number of aromatic nitrogens is 1. The van der Waals surface area contributed by atoms with E-state index in [2.05, 4.69) is 10.3 Å². The van der Waals surface area contributed by atoms with Crippen LogP contribution < -0.4 is 10.1 Å². The van der Waals surface area contributed by atoms with Gasteiger partial charge in [0, 0.05) is 34.4 Å². The van der Waals surface area contributed by atoms with Crippen molar-refractivity contribution in [1.82, 2.24) is 10.3 Å². The van der Waals surface area contributed by atoms with E-state index in [1.807, 2.05) is 6.07 Å². The van der Waals surface area contributed by atoms with Crippen LogP contribution in [0, 0.1) is 0 Å². The van der Waals surface area contributed by atoms with Gasteiger partial charge in [0.15, 0.2) is 0 Å². The number of nitrogens with zero attached hydrogens (tertiary/aromatic N) is 1. The molecule has 0 aliphatic heterocycles. The van der Waals surface area contributed by atoms with Gasteiger partial charge >= 0.3 is 0 Å². The van der Waals surface area contributed by atoms with Gasteiger partial charge in [-0.2, -0.15) is 0 Å². The van der Waals surface area contributed by atoms with Crippen molar-refractivity contribution in [3.63, 3.8) is 0 Å². The highest BCUT2D eigenvalue weighted by Crippen LogP contribution is 2.21. The molecule has 0 unspecified atom stereocenters. The first-order chi connectivity index (χ1) is 10.6. The topological polar surface area (TPSA) is 51.2 Å². The van der Waals surface area contributed by atoms with Crippen molar-refractivity contribution in [3.05, 3.63) is 63.8 Å². The Hall–Kier alpha value is -2.04. The Bertz CT molecular complexity index is 702. The van der Waals surface area contributed by atoms with Crippen LogP contribution in [0.25, 0.3) is 6.08 Å². The molecule has 1 N–H and O–H groups in total. The van der Waals surface area contributed by atoms with Gasteiger partial charge in [-0.1, -0.05) is 35.3 Å². The van der Waals surface area contributed by atoms with Crippen LogP contribution in [-0.2, 0) is 11.3 Å². The molecule has 0 fully saturated rings. The minimum atomic E-state index is -0.239. The van der Waals surface area contributed by atoms with Crippen LogP contribution >= 0.6 is 23.2 Å². The van der Waals surface area contributed by atoms with Crippen molar-refractivity contribution in [1.29, 1.82) is 0 Å². The average Bonchev–Trinajstić information content (AvgIpc) is 2.52. The van der Waals surface area contributed by atoms with Gasteiger partial charge in [-0.05, 0) is 29.8 Å². The minimum Gasteiger partial charge on any atom is -0.481 e. The molecule has 22 heavy (non-hydrogen) atoms. The largest absolute Gasteiger partial charge is 0.481 e. The molecule has 0 aliphatic carbocycles. The summed E-state index contributed by atoms with van der Waals surface area (Å²) in [5.41, 5.74) is 1.52. The molecule has 0 bridgehead atoms. The van der Waals surface area contributed by atoms with Crippen LogP contribution in [0.15, 0.2) is 42.6 Å². The predicted molar refractivity (Wildman–Crippen MR) is 88.1 cm³/mol. The van der Waals surface area contributed by atoms with Gasteiger partial charge in [0.1, 0.15) is 0 Å². The fraction of sp³-hybridized carbons (Fsp3) is 0.125. The lowest BCUT2D eigenvalue weighted by molar-refractivity contribution is -0.116. The summed E-state index contributed by atoms with van der Waals surface area (Å²) < 4.78 is 5.12. The van der Waals surface area contributed by atoms with Crippen molar-refractivity contribution < 1.29 is 9.53 Å². The quantitative estimate of drug-likeness (QED) is 0.846. The van der Waals surface area contributed by atoms with Crippen molar-refractivity contribution in [3.8, 4) is 5.88 Å². The smallest absolute Gasteiger partial charge is 0.244 e. The summed E-state index contributed by atoms with van der Waals surface area (Å²) in [6.45, 7) is 0.328. The molecule has 1 aromatic carbocycles. The number of halogens is 2. The fourth-order valence-electron chi connectivity index (χ4n) is 1.79. The number of ether oxygens (including phenoxy) is 1. The van der Waals surface area contributed by atoms with Crippen LogP contribution in [0.2, 0.25) is 10.0 Å². The molecule has 114 valence electrons. The lowest BCUT2D eigenvalue weighted by atomic mass is 10.2. The Balaban J connectivity index is 1.97. The predicted octanol–water partition coefficient (Wildman–Crippen LogP) is 3.73. The molecule has 4 nitrogen and oxygen atoms in total. The molecular weight excluding hydrogens is 323 g/mol. The van der Waals surface area contributed by atoms with Gasteiger partial charge in [0.2, 0.25) is 11.8 Å². The van der Waals surface area contributed by atoms with Gasteiger partial charge in [0.05, 0.1) is 7.11 Å². The maximum absolute atomic E-state index is 11.8. The SMILES string of the molecule is COc1ncccc1CNC(=O)/C=C/c1ccc(Cl)cc1Cl. The Morgan fingerprint density at radius 2 is 2.18 bits per heavy atom. The normalized spacial score (nSPS) is 10.7. The average molecular weight is 337 g/mol. The number of amides is 1. The Morgan fingerprint density at radius 1 is 1.36 bits per heavy atom. The number of hydrogen-bond acceptors (Lipinski definition) is 3. The first-order valence-corrected chi connectivity index (χ1v) is 7.24. The molecule has 1 amide bonds. The summed E-state index contributed by atoms with van der Waals surface area (Å²) in [5.74, 6) is 0.254. The third-order valence-corrected chi connectivity index (χ3v) is 3.44. The number of carbonyl (C=O) groups is 1. The third-order valence-electron chi connectivity index (χ3n) is 2.87. The van der Waals surface area contributed by atoms with Gasteiger partial charge < -0.3 is 10.1 Å². The first-order valence-electron chi connectivity index (χ1n) is 6.49. The van der Waals surface area contributed by atoms with E-state index in [1.165, 1.54) is 13.2 Å². The Morgan fingerprint density at radius 3 is 2.91 bits per heavy atom. The molecule has 1 heterocycles. The Kier molecular flexibility index (Phi) is 5.81. The molecule has 2 aromatic rings. The second-order valence-corrected chi connectivity index (χ2v) is 5.23. The molecule has 0 saturated carbocycles. The number of benzene rings is 1. The zero-order chi connectivity index (χ0) is 15.9. The van der Waals surface area contributed by atoms with Crippen LogP contribution in [0.5, 0.6) is 5.88 Å². The van der Waals surface area contributed by atoms with Crippen molar-refractivity contribution in [2.24, 2.45) is 0 Å². The summed E-state index contributed by atoms with van der Waals surface area (Å²) in [4.78, 5) is 15.9. The summed E-state index contributed by atoms with van der Waals surface area (Å²) in [7, 11) is 1.54. The van der Waals surface area contributed by atoms with Crippen LogP contribution in [0.4, 0.5) is 0 Å². The van der Waals surface area contributed by atoms with Gasteiger partial charge in [-0.15, -0.1) is 0 Å². The van der Waals surface area contributed by atoms with E-state index in [9.17, 15) is 4.79 Å². The van der Waals surface area contributed by atoms with Gasteiger partial charge in [-0.3, -0.25) is 4.79 Å². The number of hydrogen-bond donors (Lipinski definition) is 1. The lowest BCUT2D eigenvalue weighted by Gasteiger charge is -2.07. The van der Waals surface area contributed by atoms with Crippen molar-refractivity contribution >= 4 is 35.2 Å². The standard InChI is InChI=1S/C16H14Cl2N2O2/c1-22-16-12(3-2-8-19-16)10-20-15(21)7-5-11-4-6-13(17)9-14(11)18/h2-9H,10H2,1H3,(H,20,21)/b7-5+. The van der Waals surface area contributed by atoms with E-state index < -0.39 is 0 Å². The van der Waals surface area contributed by atoms with Crippen LogP contribution in [0.1, 0.15) is 11.1 Å². The van der Waals surface area contributed by atoms with E-state index in [4.69, 9.17) is 27.9 Å². The highest BCUT2D eigenvalue weighted by molar-refractivity contribution is 6.35. The van der Waals surface area contributed by atoms with Crippen molar-refractivity contribution in [2.45, 2.75) is 6.54 Å². The summed E-state index contributed by atoms with van der Waals surface area (Å²) in [5, 5.41) is 3.80. The summed E-state index contributed by atoms with van der Waals surface area (Å²) in [6, 6.07) is 8.71. The van der Waals surface area contributed by atoms with E-state index in [-0.39, 0.29) is 5.91 Å². The molecule has 6 heteroatoms. The molecule has 0 radical (unpaired) electrons. The van der Waals surface area contributed by atoms with E-state index in [0.717, 1.165) is 11.1 Å². The highest BCUT2D eigenvalue weighted by atomic mass is 35.5. The second kappa shape index (κ2) is 7.82. The highest BCUT2D eigenvalue weighted by Gasteiger charge is 2.04. The molecule has 0 spiro atoms. The molecular formula is C16H14Cl2N2O2. The molecule has 0 aliphatic rings. The second-order valence-electron chi connectivity index (χ2n) is 4.39. The van der Waals surface area contributed by atoms with E-state index in [0.29, 0.717) is 22.5 Å². The first kappa shape index (κ1) is 16.3. The summed E-state index contributed by atoms with van der Waals surface area (Å²) in [6.07, 6.45) is 4.68. The maximum atomic E-state index is 11.8. The summed E-state index contributed by atoms with van der Waals surface area (Å²) >= 11 is 11.9. The maximum Gasteiger partial charge on any atom is 0.244 e. The van der Waals surface area contributed by atoms with Crippen LogP contribution in [0.3, 0.4) is 0 Å². The molecule has 2 rings (SSSR count). The zero-order valence-corrected chi connectivity index (χ0v) is 13.4.